The summed E-state index contributed by atoms with van der Waals surface area (Å²) in [5.41, 5.74) is 0.558. The lowest BCUT2D eigenvalue weighted by Gasteiger charge is -2.32. The van der Waals surface area contributed by atoms with E-state index < -0.39 is 11.6 Å². The molecular formula is C30H48F2O. The minimum absolute atomic E-state index is 0.0537. The summed E-state index contributed by atoms with van der Waals surface area (Å²) in [5.74, 6) is 1.42. The van der Waals surface area contributed by atoms with Crippen molar-refractivity contribution < 1.29 is 13.5 Å². The summed E-state index contributed by atoms with van der Waals surface area (Å²) < 4.78 is 34.4. The Morgan fingerprint density at radius 1 is 0.667 bits per heavy atom. The fourth-order valence-electron chi connectivity index (χ4n) is 6.26. The molecule has 2 saturated carbocycles. The van der Waals surface area contributed by atoms with Gasteiger partial charge in [0.1, 0.15) is 0 Å². The Balaban J connectivity index is 1.33. The van der Waals surface area contributed by atoms with Crippen LogP contribution in [0.2, 0.25) is 0 Å². The second-order valence-electron chi connectivity index (χ2n) is 11.0. The third-order valence-corrected chi connectivity index (χ3v) is 8.49. The second kappa shape index (κ2) is 14.3. The molecule has 2 aliphatic rings. The van der Waals surface area contributed by atoms with Gasteiger partial charge in [-0.05, 0) is 67.4 Å². The summed E-state index contributed by atoms with van der Waals surface area (Å²) in [5, 5.41) is 0. The molecule has 1 nitrogen and oxygen atoms in total. The molecule has 0 atom stereocenters. The molecule has 0 amide bonds. The zero-order valence-corrected chi connectivity index (χ0v) is 21.4. The Labute approximate surface area is 202 Å². The monoisotopic (exact) mass is 462 g/mol. The van der Waals surface area contributed by atoms with Crippen LogP contribution < -0.4 is 4.74 Å². The first-order chi connectivity index (χ1) is 16.1. The standard InChI is InChI=1S/C30H48F2O/c1-3-5-6-7-8-9-23-10-12-24(13-11-23)14-15-25-16-18-26(19-17-25)27-20-21-28(33-22-4-2)30(32)29(27)31/h20-21,23-26H,3-19,22H2,1-2H3/t23?,24?,25-,26-. The molecule has 1 aromatic rings. The fourth-order valence-corrected chi connectivity index (χ4v) is 6.26. The van der Waals surface area contributed by atoms with Gasteiger partial charge in [0.05, 0.1) is 6.61 Å². The van der Waals surface area contributed by atoms with Gasteiger partial charge in [0.25, 0.3) is 0 Å². The summed E-state index contributed by atoms with van der Waals surface area (Å²) >= 11 is 0. The largest absolute Gasteiger partial charge is 0.490 e. The van der Waals surface area contributed by atoms with Crippen molar-refractivity contribution in [2.45, 2.75) is 129 Å². The van der Waals surface area contributed by atoms with Crippen LogP contribution in [0.1, 0.15) is 134 Å². The maximum absolute atomic E-state index is 14.7. The second-order valence-corrected chi connectivity index (χ2v) is 11.0. The summed E-state index contributed by atoms with van der Waals surface area (Å²) in [6.45, 7) is 4.67. The van der Waals surface area contributed by atoms with Gasteiger partial charge in [-0.2, -0.15) is 4.39 Å². The molecule has 0 N–H and O–H groups in total. The van der Waals surface area contributed by atoms with Crippen molar-refractivity contribution in [2.75, 3.05) is 6.61 Å². The van der Waals surface area contributed by atoms with Crippen LogP contribution in [0.15, 0.2) is 12.1 Å². The number of benzene rings is 1. The van der Waals surface area contributed by atoms with E-state index in [0.717, 1.165) is 49.9 Å². The van der Waals surface area contributed by atoms with Crippen LogP contribution in [0.4, 0.5) is 8.78 Å². The van der Waals surface area contributed by atoms with E-state index >= 15 is 0 Å². The van der Waals surface area contributed by atoms with E-state index in [1.165, 1.54) is 77.0 Å². The molecule has 0 radical (unpaired) electrons. The summed E-state index contributed by atoms with van der Waals surface area (Å²) in [7, 11) is 0. The molecule has 2 aliphatic carbocycles. The average molecular weight is 463 g/mol. The van der Waals surface area contributed by atoms with Gasteiger partial charge >= 0.3 is 0 Å². The van der Waals surface area contributed by atoms with E-state index in [-0.39, 0.29) is 11.7 Å². The molecule has 1 aromatic carbocycles. The quantitative estimate of drug-likeness (QED) is 0.265. The lowest BCUT2D eigenvalue weighted by Crippen LogP contribution is -2.18. The van der Waals surface area contributed by atoms with Crippen LogP contribution in [0.3, 0.4) is 0 Å². The van der Waals surface area contributed by atoms with Crippen molar-refractivity contribution in [1.29, 1.82) is 0 Å². The molecule has 0 aromatic heterocycles. The highest BCUT2D eigenvalue weighted by Crippen LogP contribution is 2.41. The molecule has 0 bridgehead atoms. The summed E-state index contributed by atoms with van der Waals surface area (Å²) in [4.78, 5) is 0. The fraction of sp³-hybridized carbons (Fsp3) is 0.800. The molecule has 33 heavy (non-hydrogen) atoms. The van der Waals surface area contributed by atoms with Crippen LogP contribution in [0, 0.1) is 29.4 Å². The van der Waals surface area contributed by atoms with Crippen molar-refractivity contribution >= 4 is 0 Å². The lowest BCUT2D eigenvalue weighted by atomic mass is 9.74. The molecule has 0 aliphatic heterocycles. The van der Waals surface area contributed by atoms with Gasteiger partial charge in [0, 0.05) is 0 Å². The molecular weight excluding hydrogens is 414 g/mol. The van der Waals surface area contributed by atoms with E-state index in [1.807, 2.05) is 6.92 Å². The smallest absolute Gasteiger partial charge is 0.200 e. The molecule has 3 heteroatoms. The van der Waals surface area contributed by atoms with Crippen molar-refractivity contribution in [3.63, 3.8) is 0 Å². The average Bonchev–Trinajstić information content (AvgIpc) is 2.85. The number of ether oxygens (including phenoxy) is 1. The van der Waals surface area contributed by atoms with Crippen molar-refractivity contribution in [2.24, 2.45) is 17.8 Å². The topological polar surface area (TPSA) is 9.23 Å². The normalized spacial score (nSPS) is 25.8. The highest BCUT2D eigenvalue weighted by molar-refractivity contribution is 5.33. The van der Waals surface area contributed by atoms with Crippen molar-refractivity contribution in [1.82, 2.24) is 0 Å². The first-order valence-corrected chi connectivity index (χ1v) is 14.2. The van der Waals surface area contributed by atoms with Gasteiger partial charge in [-0.15, -0.1) is 0 Å². The first kappa shape index (κ1) is 26.5. The molecule has 188 valence electrons. The van der Waals surface area contributed by atoms with E-state index in [9.17, 15) is 8.78 Å². The number of hydrogen-bond acceptors (Lipinski definition) is 1. The SMILES string of the molecule is CCCCCCCC1CCC(CC[C@H]2CC[C@H](c3ccc(OCCC)c(F)c3F)CC2)CC1. The van der Waals surface area contributed by atoms with Crippen LogP contribution in [-0.2, 0) is 0 Å². The minimum Gasteiger partial charge on any atom is -0.490 e. The molecule has 3 rings (SSSR count). The maximum Gasteiger partial charge on any atom is 0.200 e. The highest BCUT2D eigenvalue weighted by atomic mass is 19.2. The number of halogens is 2. The minimum atomic E-state index is -0.806. The zero-order chi connectivity index (χ0) is 23.5. The van der Waals surface area contributed by atoms with Gasteiger partial charge < -0.3 is 4.74 Å². The van der Waals surface area contributed by atoms with Gasteiger partial charge in [-0.1, -0.05) is 97.0 Å². The molecule has 0 heterocycles. The Bertz CT molecular complexity index is 672. The van der Waals surface area contributed by atoms with E-state index in [0.29, 0.717) is 12.2 Å². The van der Waals surface area contributed by atoms with Crippen molar-refractivity contribution in [3.8, 4) is 5.75 Å². The zero-order valence-electron chi connectivity index (χ0n) is 21.4. The highest BCUT2D eigenvalue weighted by Gasteiger charge is 2.28. The number of hydrogen-bond donors (Lipinski definition) is 0. The van der Waals surface area contributed by atoms with Gasteiger partial charge in [0.2, 0.25) is 5.82 Å². The Hall–Kier alpha value is -1.12. The van der Waals surface area contributed by atoms with Gasteiger partial charge in [-0.3, -0.25) is 0 Å². The van der Waals surface area contributed by atoms with Crippen molar-refractivity contribution in [3.05, 3.63) is 29.3 Å². The van der Waals surface area contributed by atoms with Crippen LogP contribution in [0.25, 0.3) is 0 Å². The molecule has 0 saturated heterocycles. The first-order valence-electron chi connectivity index (χ1n) is 14.2. The molecule has 0 unspecified atom stereocenters. The van der Waals surface area contributed by atoms with E-state index in [4.69, 9.17) is 4.74 Å². The van der Waals surface area contributed by atoms with Crippen LogP contribution in [0.5, 0.6) is 5.75 Å². The third-order valence-electron chi connectivity index (χ3n) is 8.49. The van der Waals surface area contributed by atoms with Gasteiger partial charge in [-0.25, -0.2) is 4.39 Å². The predicted molar refractivity (Wildman–Crippen MR) is 135 cm³/mol. The molecule has 2 fully saturated rings. The molecule has 0 spiro atoms. The van der Waals surface area contributed by atoms with E-state index in [2.05, 4.69) is 6.92 Å². The third kappa shape index (κ3) is 8.25. The van der Waals surface area contributed by atoms with Gasteiger partial charge in [0.15, 0.2) is 11.6 Å². The summed E-state index contributed by atoms with van der Waals surface area (Å²) in [6.07, 6.45) is 22.1. The van der Waals surface area contributed by atoms with Crippen LogP contribution in [-0.4, -0.2) is 6.61 Å². The number of rotatable bonds is 13. The van der Waals surface area contributed by atoms with Crippen LogP contribution >= 0.6 is 0 Å². The lowest BCUT2D eigenvalue weighted by molar-refractivity contribution is 0.221. The maximum atomic E-state index is 14.7. The summed E-state index contributed by atoms with van der Waals surface area (Å²) in [6, 6.07) is 3.38. The predicted octanol–water partition coefficient (Wildman–Crippen LogP) is 9.97. The Morgan fingerprint density at radius 2 is 1.24 bits per heavy atom. The Morgan fingerprint density at radius 3 is 1.85 bits per heavy atom. The Kier molecular flexibility index (Phi) is 11.5. The van der Waals surface area contributed by atoms with E-state index in [1.54, 1.807) is 12.1 Å². The number of unbranched alkanes of at least 4 members (excludes halogenated alkanes) is 4.